The van der Waals surface area contributed by atoms with Gasteiger partial charge in [0.05, 0.1) is 13.2 Å². The molecule has 1 aromatic carbocycles. The van der Waals surface area contributed by atoms with E-state index in [9.17, 15) is 4.39 Å². The monoisotopic (exact) mass is 321 g/mol. The average molecular weight is 321 g/mol. The fourth-order valence-corrected chi connectivity index (χ4v) is 3.09. The second-order valence-electron chi connectivity index (χ2n) is 6.76. The molecule has 0 N–H and O–H groups in total. The van der Waals surface area contributed by atoms with Crippen LogP contribution in [-0.4, -0.2) is 19.4 Å². The zero-order valence-electron chi connectivity index (χ0n) is 14.5. The van der Waals surface area contributed by atoms with E-state index in [1.54, 1.807) is 0 Å². The largest absolute Gasteiger partial charge is 0.348 e. The minimum Gasteiger partial charge on any atom is -0.348 e. The fourth-order valence-electron chi connectivity index (χ4n) is 3.09. The standard InChI is InChI=1S/C20H30FO2/c1-4-5-6-7-17-13-22-20(23-14-17)19-10-8-18(9-11-19)15(2)12-16(3)21/h8-11,15-17,20H,3-7,12-14H2,1-2H3. The van der Waals surface area contributed by atoms with Crippen LogP contribution in [0.5, 0.6) is 0 Å². The van der Waals surface area contributed by atoms with Crippen LogP contribution in [0, 0.1) is 12.8 Å². The summed E-state index contributed by atoms with van der Waals surface area (Å²) in [4.78, 5) is 0. The summed E-state index contributed by atoms with van der Waals surface area (Å²) in [6, 6.07) is 8.15. The Morgan fingerprint density at radius 2 is 1.83 bits per heavy atom. The van der Waals surface area contributed by atoms with Crippen LogP contribution in [0.1, 0.15) is 69.3 Å². The third kappa shape index (κ3) is 5.89. The Hall–Kier alpha value is -0.930. The van der Waals surface area contributed by atoms with Gasteiger partial charge in [-0.2, -0.15) is 0 Å². The molecule has 0 saturated carbocycles. The van der Waals surface area contributed by atoms with Gasteiger partial charge in [0.15, 0.2) is 6.29 Å². The average Bonchev–Trinajstić information content (AvgIpc) is 2.55. The van der Waals surface area contributed by atoms with E-state index in [4.69, 9.17) is 9.47 Å². The molecule has 1 aliphatic heterocycles. The molecule has 0 spiro atoms. The first kappa shape index (κ1) is 18.4. The van der Waals surface area contributed by atoms with Crippen molar-refractivity contribution in [3.8, 4) is 0 Å². The van der Waals surface area contributed by atoms with E-state index in [0.29, 0.717) is 12.3 Å². The van der Waals surface area contributed by atoms with Gasteiger partial charge in [0.1, 0.15) is 6.17 Å². The number of halogens is 1. The van der Waals surface area contributed by atoms with Crippen LogP contribution in [0.25, 0.3) is 0 Å². The molecule has 1 heterocycles. The van der Waals surface area contributed by atoms with Gasteiger partial charge >= 0.3 is 0 Å². The third-order valence-corrected chi connectivity index (χ3v) is 4.57. The number of ether oxygens (including phenoxy) is 2. The second kappa shape index (κ2) is 9.39. The van der Waals surface area contributed by atoms with Crippen molar-refractivity contribution in [2.75, 3.05) is 13.2 Å². The number of rotatable bonds is 8. The normalized spacial score (nSPS) is 24.3. The van der Waals surface area contributed by atoms with Gasteiger partial charge < -0.3 is 9.47 Å². The second-order valence-corrected chi connectivity index (χ2v) is 6.76. The highest BCUT2D eigenvalue weighted by atomic mass is 19.1. The van der Waals surface area contributed by atoms with Crippen molar-refractivity contribution in [2.24, 2.45) is 5.92 Å². The molecule has 0 aromatic heterocycles. The molecule has 1 aromatic rings. The number of hydrogen-bond donors (Lipinski definition) is 0. The number of benzene rings is 1. The first-order chi connectivity index (χ1) is 11.1. The van der Waals surface area contributed by atoms with Crippen LogP contribution in [-0.2, 0) is 9.47 Å². The van der Waals surface area contributed by atoms with Crippen molar-refractivity contribution in [1.82, 2.24) is 0 Å². The van der Waals surface area contributed by atoms with E-state index >= 15 is 0 Å². The predicted octanol–water partition coefficient (Wildman–Crippen LogP) is 5.59. The molecule has 1 radical (unpaired) electrons. The molecule has 1 saturated heterocycles. The summed E-state index contributed by atoms with van der Waals surface area (Å²) in [5.41, 5.74) is 2.17. The lowest BCUT2D eigenvalue weighted by atomic mass is 9.95. The molecule has 2 atom stereocenters. The minimum absolute atomic E-state index is 0.174. The van der Waals surface area contributed by atoms with E-state index < -0.39 is 6.17 Å². The molecule has 3 heteroatoms. The third-order valence-electron chi connectivity index (χ3n) is 4.57. The highest BCUT2D eigenvalue weighted by Gasteiger charge is 2.23. The van der Waals surface area contributed by atoms with E-state index in [2.05, 4.69) is 13.8 Å². The molecular formula is C20H30FO2. The van der Waals surface area contributed by atoms with Gasteiger partial charge in [0.25, 0.3) is 0 Å². The van der Waals surface area contributed by atoms with Gasteiger partial charge in [-0.05, 0) is 31.2 Å². The van der Waals surface area contributed by atoms with Crippen LogP contribution in [0.4, 0.5) is 4.39 Å². The lowest BCUT2D eigenvalue weighted by Gasteiger charge is -2.30. The maximum absolute atomic E-state index is 13.0. The topological polar surface area (TPSA) is 18.5 Å². The van der Waals surface area contributed by atoms with Crippen molar-refractivity contribution in [1.29, 1.82) is 0 Å². The first-order valence-corrected chi connectivity index (χ1v) is 8.90. The van der Waals surface area contributed by atoms with Crippen molar-refractivity contribution < 1.29 is 13.9 Å². The number of unbranched alkanes of at least 4 members (excludes halogenated alkanes) is 2. The summed E-state index contributed by atoms with van der Waals surface area (Å²) < 4.78 is 24.8. The molecule has 2 nitrogen and oxygen atoms in total. The Morgan fingerprint density at radius 3 is 2.39 bits per heavy atom. The zero-order valence-corrected chi connectivity index (χ0v) is 14.5. The maximum Gasteiger partial charge on any atom is 0.183 e. The first-order valence-electron chi connectivity index (χ1n) is 8.90. The van der Waals surface area contributed by atoms with Crippen LogP contribution in [0.3, 0.4) is 0 Å². The van der Waals surface area contributed by atoms with Gasteiger partial charge in [0.2, 0.25) is 0 Å². The summed E-state index contributed by atoms with van der Waals surface area (Å²) in [6.45, 7) is 9.22. The van der Waals surface area contributed by atoms with Crippen molar-refractivity contribution >= 4 is 0 Å². The predicted molar refractivity (Wildman–Crippen MR) is 92.0 cm³/mol. The molecule has 2 rings (SSSR count). The number of alkyl halides is 1. The highest BCUT2D eigenvalue weighted by molar-refractivity contribution is 5.26. The van der Waals surface area contributed by atoms with E-state index in [1.165, 1.54) is 25.7 Å². The summed E-state index contributed by atoms with van der Waals surface area (Å²) in [6.07, 6.45) is 4.16. The summed E-state index contributed by atoms with van der Waals surface area (Å²) in [7, 11) is 0. The summed E-state index contributed by atoms with van der Waals surface area (Å²) >= 11 is 0. The molecule has 1 aliphatic rings. The van der Waals surface area contributed by atoms with Crippen LogP contribution < -0.4 is 0 Å². The van der Waals surface area contributed by atoms with Gasteiger partial charge in [0, 0.05) is 11.5 Å². The molecule has 23 heavy (non-hydrogen) atoms. The molecule has 1 fully saturated rings. The Labute approximate surface area is 140 Å². The summed E-state index contributed by atoms with van der Waals surface area (Å²) in [5.74, 6) is 0.698. The van der Waals surface area contributed by atoms with Gasteiger partial charge in [-0.15, -0.1) is 0 Å². The van der Waals surface area contributed by atoms with Gasteiger partial charge in [-0.25, -0.2) is 4.39 Å². The van der Waals surface area contributed by atoms with E-state index in [-0.39, 0.29) is 12.2 Å². The minimum atomic E-state index is -1.01. The SMILES string of the molecule is [CH2]C(F)CC(C)c1ccc(C2OCC(CCCCC)CO2)cc1. The lowest BCUT2D eigenvalue weighted by molar-refractivity contribution is -0.206. The Balaban J connectivity index is 1.82. The van der Waals surface area contributed by atoms with Crippen molar-refractivity contribution in [2.45, 2.75) is 64.3 Å². The highest BCUT2D eigenvalue weighted by Crippen LogP contribution is 2.29. The Bertz CT molecular complexity index is 435. The smallest absolute Gasteiger partial charge is 0.183 e. The van der Waals surface area contributed by atoms with Crippen LogP contribution in [0.15, 0.2) is 24.3 Å². The molecule has 2 unspecified atom stereocenters. The summed E-state index contributed by atoms with van der Waals surface area (Å²) in [5, 5.41) is 0. The lowest BCUT2D eigenvalue weighted by Crippen LogP contribution is -2.27. The molecule has 0 amide bonds. The van der Waals surface area contributed by atoms with Gasteiger partial charge in [-0.1, -0.05) is 57.4 Å². The van der Waals surface area contributed by atoms with Gasteiger partial charge in [-0.3, -0.25) is 0 Å². The Morgan fingerprint density at radius 1 is 1.17 bits per heavy atom. The van der Waals surface area contributed by atoms with Crippen molar-refractivity contribution in [3.63, 3.8) is 0 Å². The molecule has 129 valence electrons. The zero-order chi connectivity index (χ0) is 16.7. The van der Waals surface area contributed by atoms with E-state index in [0.717, 1.165) is 24.3 Å². The van der Waals surface area contributed by atoms with E-state index in [1.807, 2.05) is 31.2 Å². The maximum atomic E-state index is 13.0. The number of hydrogen-bond acceptors (Lipinski definition) is 2. The van der Waals surface area contributed by atoms with Crippen LogP contribution >= 0.6 is 0 Å². The van der Waals surface area contributed by atoms with Crippen LogP contribution in [0.2, 0.25) is 0 Å². The molecule has 0 bridgehead atoms. The molecule has 0 aliphatic carbocycles. The Kier molecular flexibility index (Phi) is 7.51. The molecular weight excluding hydrogens is 291 g/mol. The quantitative estimate of drug-likeness (QED) is 0.581. The van der Waals surface area contributed by atoms with Crippen molar-refractivity contribution in [3.05, 3.63) is 42.3 Å². The fraction of sp³-hybridized carbons (Fsp3) is 0.650.